The van der Waals surface area contributed by atoms with Crippen LogP contribution < -0.4 is 0 Å². The van der Waals surface area contributed by atoms with Crippen LogP contribution in [0.3, 0.4) is 0 Å². The van der Waals surface area contributed by atoms with Gasteiger partial charge in [0, 0.05) is 40.4 Å². The van der Waals surface area contributed by atoms with Gasteiger partial charge < -0.3 is 0 Å². The van der Waals surface area contributed by atoms with Crippen LogP contribution in [-0.4, -0.2) is 16.6 Å². The molecule has 1 aromatic heterocycles. The summed E-state index contributed by atoms with van der Waals surface area (Å²) in [5.41, 5.74) is 1.33. The van der Waals surface area contributed by atoms with Crippen molar-refractivity contribution >= 4 is 38.4 Å². The first-order valence-electron chi connectivity index (χ1n) is 6.26. The molecule has 3 nitrogen and oxygen atoms in total. The summed E-state index contributed by atoms with van der Waals surface area (Å²) in [6.07, 6.45) is 3.26. The zero-order chi connectivity index (χ0) is 13.4. The highest BCUT2D eigenvalue weighted by Crippen LogP contribution is 2.30. The van der Waals surface area contributed by atoms with E-state index in [1.165, 1.54) is 0 Å². The van der Waals surface area contributed by atoms with Crippen LogP contribution in [0.5, 0.6) is 0 Å². The minimum atomic E-state index is -0.168. The maximum absolute atomic E-state index is 12.5. The first kappa shape index (κ1) is 12.5. The Hall–Kier alpha value is -1.55. The van der Waals surface area contributed by atoms with Gasteiger partial charge in [-0.15, -0.1) is 0 Å². The van der Waals surface area contributed by atoms with Crippen molar-refractivity contribution in [2.45, 2.75) is 19.3 Å². The molecule has 2 aromatic rings. The van der Waals surface area contributed by atoms with E-state index < -0.39 is 0 Å². The lowest BCUT2D eigenvalue weighted by Crippen LogP contribution is -2.12. The molecule has 3 rings (SSSR count). The van der Waals surface area contributed by atoms with Gasteiger partial charge in [0.1, 0.15) is 5.78 Å². The third-order valence-electron chi connectivity index (χ3n) is 3.60. The van der Waals surface area contributed by atoms with Gasteiger partial charge in [0.15, 0.2) is 5.78 Å². The third-order valence-corrected chi connectivity index (χ3v) is 4.29. The molecule has 4 heteroatoms. The first-order valence-corrected chi connectivity index (χ1v) is 7.05. The van der Waals surface area contributed by atoms with Gasteiger partial charge in [-0.2, -0.15) is 0 Å². The molecule has 0 aliphatic heterocycles. The third kappa shape index (κ3) is 2.21. The second kappa shape index (κ2) is 4.85. The number of ketones is 2. The number of hydrogen-bond donors (Lipinski definition) is 0. The van der Waals surface area contributed by atoms with Crippen LogP contribution in [0.1, 0.15) is 29.6 Å². The first-order chi connectivity index (χ1) is 9.16. The van der Waals surface area contributed by atoms with Gasteiger partial charge in [-0.1, -0.05) is 22.0 Å². The predicted molar refractivity (Wildman–Crippen MR) is 76.1 cm³/mol. The van der Waals surface area contributed by atoms with E-state index in [1.807, 2.05) is 18.2 Å². The Labute approximate surface area is 119 Å². The summed E-state index contributed by atoms with van der Waals surface area (Å²) in [4.78, 5) is 28.2. The molecular weight excluding hydrogens is 306 g/mol. The standard InChI is InChI=1S/C15H12BrNO2/c16-13-6-5-12(14-11(13)2-1-7-17-14)15(19)9-3-4-10(18)8-9/h1-2,5-7,9H,3-4,8H2. The normalized spacial score (nSPS) is 19.0. The van der Waals surface area contributed by atoms with E-state index in [2.05, 4.69) is 20.9 Å². The van der Waals surface area contributed by atoms with Crippen LogP contribution >= 0.6 is 15.9 Å². The van der Waals surface area contributed by atoms with Crippen molar-refractivity contribution in [3.8, 4) is 0 Å². The van der Waals surface area contributed by atoms with Gasteiger partial charge in [0.25, 0.3) is 0 Å². The summed E-state index contributed by atoms with van der Waals surface area (Å²) in [5.74, 6) is 0.0636. The predicted octanol–water partition coefficient (Wildman–Crippen LogP) is 3.55. The van der Waals surface area contributed by atoms with Crippen molar-refractivity contribution in [1.82, 2.24) is 4.98 Å². The molecule has 1 fully saturated rings. The largest absolute Gasteiger partial charge is 0.300 e. The molecule has 1 saturated carbocycles. The molecule has 1 aliphatic carbocycles. The van der Waals surface area contributed by atoms with Crippen LogP contribution in [-0.2, 0) is 4.79 Å². The fourth-order valence-corrected chi connectivity index (χ4v) is 3.05. The van der Waals surface area contributed by atoms with E-state index in [9.17, 15) is 9.59 Å². The summed E-state index contributed by atoms with van der Waals surface area (Å²) < 4.78 is 0.926. The van der Waals surface area contributed by atoms with Crippen molar-refractivity contribution in [3.05, 3.63) is 40.5 Å². The Bertz CT molecular complexity index is 681. The molecule has 0 N–H and O–H groups in total. The zero-order valence-electron chi connectivity index (χ0n) is 10.2. The van der Waals surface area contributed by atoms with E-state index in [4.69, 9.17) is 0 Å². The van der Waals surface area contributed by atoms with Crippen molar-refractivity contribution in [2.75, 3.05) is 0 Å². The van der Waals surface area contributed by atoms with Crippen LogP contribution in [0.25, 0.3) is 10.9 Å². The van der Waals surface area contributed by atoms with Gasteiger partial charge in [0.2, 0.25) is 0 Å². The molecule has 0 saturated heterocycles. The fraction of sp³-hybridized carbons (Fsp3) is 0.267. The van der Waals surface area contributed by atoms with E-state index in [1.54, 1.807) is 12.3 Å². The van der Waals surface area contributed by atoms with Gasteiger partial charge in [0.05, 0.1) is 5.52 Å². The smallest absolute Gasteiger partial charge is 0.168 e. The molecular formula is C15H12BrNO2. The zero-order valence-corrected chi connectivity index (χ0v) is 11.8. The Morgan fingerprint density at radius 3 is 2.89 bits per heavy atom. The minimum Gasteiger partial charge on any atom is -0.300 e. The Kier molecular flexibility index (Phi) is 3.19. The maximum Gasteiger partial charge on any atom is 0.168 e. The molecule has 1 unspecified atom stereocenters. The molecule has 19 heavy (non-hydrogen) atoms. The number of benzene rings is 1. The molecule has 0 radical (unpaired) electrons. The van der Waals surface area contributed by atoms with E-state index in [0.29, 0.717) is 30.3 Å². The number of aromatic nitrogens is 1. The van der Waals surface area contributed by atoms with Gasteiger partial charge in [-0.05, 0) is 24.6 Å². The van der Waals surface area contributed by atoms with Crippen LogP contribution in [0, 0.1) is 5.92 Å². The molecule has 0 spiro atoms. The molecule has 1 atom stereocenters. The van der Waals surface area contributed by atoms with Gasteiger partial charge in [-0.25, -0.2) is 0 Å². The fourth-order valence-electron chi connectivity index (χ4n) is 2.59. The maximum atomic E-state index is 12.5. The Balaban J connectivity index is 2.08. The minimum absolute atomic E-state index is 0.0436. The number of rotatable bonds is 2. The molecule has 0 bridgehead atoms. The number of fused-ring (bicyclic) bond motifs is 1. The number of carbonyl (C=O) groups is 2. The average molecular weight is 318 g/mol. The number of Topliss-reactive ketones (excluding diaryl/α,β-unsaturated/α-hetero) is 2. The van der Waals surface area contributed by atoms with E-state index in [-0.39, 0.29) is 17.5 Å². The van der Waals surface area contributed by atoms with Crippen LogP contribution in [0.2, 0.25) is 0 Å². The second-order valence-corrected chi connectivity index (χ2v) is 5.69. The lowest BCUT2D eigenvalue weighted by molar-refractivity contribution is -0.117. The summed E-state index contributed by atoms with van der Waals surface area (Å²) in [7, 11) is 0. The van der Waals surface area contributed by atoms with Gasteiger partial charge >= 0.3 is 0 Å². The van der Waals surface area contributed by atoms with Crippen LogP contribution in [0.15, 0.2) is 34.9 Å². The highest BCUT2D eigenvalue weighted by Gasteiger charge is 2.30. The van der Waals surface area contributed by atoms with Gasteiger partial charge in [-0.3, -0.25) is 14.6 Å². The lowest BCUT2D eigenvalue weighted by Gasteiger charge is -2.10. The summed E-state index contributed by atoms with van der Waals surface area (Å²) in [6, 6.07) is 7.45. The summed E-state index contributed by atoms with van der Waals surface area (Å²) in [6.45, 7) is 0. The quantitative estimate of drug-likeness (QED) is 0.796. The summed E-state index contributed by atoms with van der Waals surface area (Å²) in [5, 5.41) is 0.928. The Morgan fingerprint density at radius 1 is 1.32 bits per heavy atom. The molecule has 1 aliphatic rings. The Morgan fingerprint density at radius 2 is 2.16 bits per heavy atom. The lowest BCUT2D eigenvalue weighted by atomic mass is 9.94. The van der Waals surface area contributed by atoms with E-state index >= 15 is 0 Å². The number of halogens is 1. The summed E-state index contributed by atoms with van der Waals surface area (Å²) >= 11 is 3.47. The number of hydrogen-bond acceptors (Lipinski definition) is 3. The molecule has 1 aromatic carbocycles. The molecule has 1 heterocycles. The topological polar surface area (TPSA) is 47.0 Å². The average Bonchev–Trinajstić information content (AvgIpc) is 2.86. The van der Waals surface area contributed by atoms with Crippen molar-refractivity contribution in [3.63, 3.8) is 0 Å². The second-order valence-electron chi connectivity index (χ2n) is 4.84. The monoisotopic (exact) mass is 317 g/mol. The number of nitrogens with zero attached hydrogens (tertiary/aromatic N) is 1. The van der Waals surface area contributed by atoms with Crippen LogP contribution in [0.4, 0.5) is 0 Å². The number of pyridine rings is 1. The number of carbonyl (C=O) groups excluding carboxylic acids is 2. The van der Waals surface area contributed by atoms with E-state index in [0.717, 1.165) is 9.86 Å². The van der Waals surface area contributed by atoms with Crippen molar-refractivity contribution < 1.29 is 9.59 Å². The van der Waals surface area contributed by atoms with Crippen molar-refractivity contribution in [1.29, 1.82) is 0 Å². The molecule has 96 valence electrons. The SMILES string of the molecule is O=C1CCC(C(=O)c2ccc(Br)c3cccnc23)C1. The van der Waals surface area contributed by atoms with Crippen molar-refractivity contribution in [2.24, 2.45) is 5.92 Å². The highest BCUT2D eigenvalue weighted by molar-refractivity contribution is 9.10. The molecule has 0 amide bonds. The highest BCUT2D eigenvalue weighted by atomic mass is 79.9.